The highest BCUT2D eigenvalue weighted by molar-refractivity contribution is 6.31. The second-order valence-electron chi connectivity index (χ2n) is 3.40. The van der Waals surface area contributed by atoms with E-state index in [2.05, 4.69) is 5.32 Å². The molecule has 0 aliphatic carbocycles. The number of nitrogens with one attached hydrogen (secondary N) is 1. The van der Waals surface area contributed by atoms with E-state index in [0.717, 1.165) is 12.1 Å². The van der Waals surface area contributed by atoms with Crippen molar-refractivity contribution >= 4 is 11.6 Å². The molecule has 1 atom stereocenters. The summed E-state index contributed by atoms with van der Waals surface area (Å²) in [6.07, 6.45) is -0.347. The number of methoxy groups -OCH3 is 2. The SMILES string of the molecule is CCNC(c1ccccc1Cl)C(OC)OC. The molecule has 1 aromatic rings. The van der Waals surface area contributed by atoms with Crippen LogP contribution in [0, 0.1) is 0 Å². The third-order valence-corrected chi connectivity index (χ3v) is 2.75. The first-order chi connectivity index (χ1) is 7.74. The lowest BCUT2D eigenvalue weighted by molar-refractivity contribution is -0.123. The topological polar surface area (TPSA) is 30.5 Å². The van der Waals surface area contributed by atoms with Crippen LogP contribution in [0.2, 0.25) is 5.02 Å². The molecule has 16 heavy (non-hydrogen) atoms. The van der Waals surface area contributed by atoms with Crippen LogP contribution in [0.3, 0.4) is 0 Å². The minimum Gasteiger partial charge on any atom is -0.354 e. The van der Waals surface area contributed by atoms with Crippen molar-refractivity contribution < 1.29 is 9.47 Å². The smallest absolute Gasteiger partial charge is 0.176 e. The molecule has 0 bridgehead atoms. The van der Waals surface area contributed by atoms with Crippen molar-refractivity contribution in [3.8, 4) is 0 Å². The monoisotopic (exact) mass is 243 g/mol. The van der Waals surface area contributed by atoms with Crippen LogP contribution in [0.25, 0.3) is 0 Å². The standard InChI is InChI=1S/C12H18ClNO2/c1-4-14-11(12(15-2)16-3)9-7-5-6-8-10(9)13/h5-8,11-12,14H,4H2,1-3H3. The number of halogens is 1. The lowest BCUT2D eigenvalue weighted by Crippen LogP contribution is -2.34. The molecule has 0 saturated carbocycles. The first-order valence-corrected chi connectivity index (χ1v) is 5.65. The summed E-state index contributed by atoms with van der Waals surface area (Å²) in [7, 11) is 3.24. The van der Waals surface area contributed by atoms with Crippen molar-refractivity contribution in [2.24, 2.45) is 0 Å². The molecular weight excluding hydrogens is 226 g/mol. The van der Waals surface area contributed by atoms with Crippen molar-refractivity contribution in [2.45, 2.75) is 19.3 Å². The van der Waals surface area contributed by atoms with Crippen molar-refractivity contribution in [1.82, 2.24) is 5.32 Å². The number of likely N-dealkylation sites (N-methyl/N-ethyl adjacent to an activating group) is 1. The number of ether oxygens (including phenoxy) is 2. The van der Waals surface area contributed by atoms with E-state index in [0.29, 0.717) is 5.02 Å². The fraction of sp³-hybridized carbons (Fsp3) is 0.500. The second-order valence-corrected chi connectivity index (χ2v) is 3.80. The van der Waals surface area contributed by atoms with Crippen LogP contribution in [0.15, 0.2) is 24.3 Å². The molecule has 0 aromatic heterocycles. The first-order valence-electron chi connectivity index (χ1n) is 5.28. The van der Waals surface area contributed by atoms with Crippen LogP contribution >= 0.6 is 11.6 Å². The zero-order valence-electron chi connectivity index (χ0n) is 9.87. The first kappa shape index (κ1) is 13.5. The molecule has 0 radical (unpaired) electrons. The Morgan fingerprint density at radius 3 is 2.38 bits per heavy atom. The molecule has 4 heteroatoms. The van der Waals surface area contributed by atoms with Crippen molar-refractivity contribution in [2.75, 3.05) is 20.8 Å². The summed E-state index contributed by atoms with van der Waals surface area (Å²) in [5, 5.41) is 4.02. The van der Waals surface area contributed by atoms with E-state index in [1.165, 1.54) is 0 Å². The Balaban J connectivity index is 2.97. The zero-order valence-corrected chi connectivity index (χ0v) is 10.6. The number of rotatable bonds is 6. The Bertz CT molecular complexity index is 316. The van der Waals surface area contributed by atoms with E-state index < -0.39 is 0 Å². The average Bonchev–Trinajstić information content (AvgIpc) is 2.30. The van der Waals surface area contributed by atoms with Gasteiger partial charge in [0.15, 0.2) is 6.29 Å². The van der Waals surface area contributed by atoms with E-state index in [9.17, 15) is 0 Å². The zero-order chi connectivity index (χ0) is 12.0. The van der Waals surface area contributed by atoms with Crippen molar-refractivity contribution in [3.63, 3.8) is 0 Å². The van der Waals surface area contributed by atoms with E-state index in [1.54, 1.807) is 14.2 Å². The Kier molecular flexibility index (Phi) is 5.77. The molecule has 0 amide bonds. The molecule has 1 rings (SSSR count). The van der Waals surface area contributed by atoms with Crippen LogP contribution in [-0.2, 0) is 9.47 Å². The number of hydrogen-bond acceptors (Lipinski definition) is 3. The minimum absolute atomic E-state index is 0.0614. The van der Waals surface area contributed by atoms with Gasteiger partial charge in [0.05, 0.1) is 6.04 Å². The molecular formula is C12H18ClNO2. The van der Waals surface area contributed by atoms with Crippen molar-refractivity contribution in [3.05, 3.63) is 34.9 Å². The van der Waals surface area contributed by atoms with E-state index >= 15 is 0 Å². The van der Waals surface area contributed by atoms with E-state index in [1.807, 2.05) is 31.2 Å². The summed E-state index contributed by atoms with van der Waals surface area (Å²) in [5.41, 5.74) is 0.986. The predicted molar refractivity (Wildman–Crippen MR) is 65.7 cm³/mol. The Labute approximate surface area is 102 Å². The molecule has 1 unspecified atom stereocenters. The summed E-state index contributed by atoms with van der Waals surface area (Å²) >= 11 is 6.16. The fourth-order valence-corrected chi connectivity index (χ4v) is 1.92. The highest BCUT2D eigenvalue weighted by Gasteiger charge is 2.23. The third kappa shape index (κ3) is 3.19. The molecule has 0 aliphatic rings. The maximum Gasteiger partial charge on any atom is 0.176 e. The minimum atomic E-state index is -0.347. The lowest BCUT2D eigenvalue weighted by Gasteiger charge is -2.26. The van der Waals surface area contributed by atoms with Gasteiger partial charge >= 0.3 is 0 Å². The van der Waals surface area contributed by atoms with Gasteiger partial charge in [0.1, 0.15) is 0 Å². The second kappa shape index (κ2) is 6.86. The molecule has 0 saturated heterocycles. The third-order valence-electron chi connectivity index (χ3n) is 2.40. The van der Waals surface area contributed by atoms with Crippen LogP contribution in [0.4, 0.5) is 0 Å². The lowest BCUT2D eigenvalue weighted by atomic mass is 10.1. The molecule has 0 spiro atoms. The van der Waals surface area contributed by atoms with E-state index in [-0.39, 0.29) is 12.3 Å². The Hall–Kier alpha value is -0.610. The Morgan fingerprint density at radius 1 is 1.25 bits per heavy atom. The van der Waals surface area contributed by atoms with Crippen molar-refractivity contribution in [1.29, 1.82) is 0 Å². The van der Waals surface area contributed by atoms with Gasteiger partial charge in [-0.25, -0.2) is 0 Å². The molecule has 1 aromatic carbocycles. The summed E-state index contributed by atoms with van der Waals surface area (Å²) in [5.74, 6) is 0. The van der Waals surface area contributed by atoms with Crippen LogP contribution < -0.4 is 5.32 Å². The van der Waals surface area contributed by atoms with Crippen LogP contribution in [-0.4, -0.2) is 27.1 Å². The maximum absolute atomic E-state index is 6.16. The van der Waals surface area contributed by atoms with Gasteiger partial charge in [-0.1, -0.05) is 36.7 Å². The maximum atomic E-state index is 6.16. The normalized spacial score (nSPS) is 13.1. The summed E-state index contributed by atoms with van der Waals surface area (Å²) < 4.78 is 10.6. The van der Waals surface area contributed by atoms with Gasteiger partial charge in [-0.2, -0.15) is 0 Å². The van der Waals surface area contributed by atoms with Gasteiger partial charge in [-0.15, -0.1) is 0 Å². The highest BCUT2D eigenvalue weighted by atomic mass is 35.5. The van der Waals surface area contributed by atoms with Gasteiger partial charge in [0.2, 0.25) is 0 Å². The summed E-state index contributed by atoms with van der Waals surface area (Å²) in [4.78, 5) is 0. The molecule has 90 valence electrons. The number of hydrogen-bond donors (Lipinski definition) is 1. The summed E-state index contributed by atoms with van der Waals surface area (Å²) in [6.45, 7) is 2.85. The molecule has 0 heterocycles. The number of benzene rings is 1. The molecule has 0 aliphatic heterocycles. The van der Waals surface area contributed by atoms with Gasteiger partial charge in [-0.05, 0) is 18.2 Å². The molecule has 0 fully saturated rings. The Morgan fingerprint density at radius 2 is 1.88 bits per heavy atom. The van der Waals surface area contributed by atoms with Crippen LogP contribution in [0.1, 0.15) is 18.5 Å². The van der Waals surface area contributed by atoms with E-state index in [4.69, 9.17) is 21.1 Å². The van der Waals surface area contributed by atoms with Gasteiger partial charge in [0, 0.05) is 19.2 Å². The van der Waals surface area contributed by atoms with Gasteiger partial charge < -0.3 is 14.8 Å². The highest BCUT2D eigenvalue weighted by Crippen LogP contribution is 2.26. The fourth-order valence-electron chi connectivity index (χ4n) is 1.67. The van der Waals surface area contributed by atoms with Gasteiger partial charge in [-0.3, -0.25) is 0 Å². The van der Waals surface area contributed by atoms with Crippen LogP contribution in [0.5, 0.6) is 0 Å². The molecule has 3 nitrogen and oxygen atoms in total. The molecule has 1 N–H and O–H groups in total. The van der Waals surface area contributed by atoms with Gasteiger partial charge in [0.25, 0.3) is 0 Å². The predicted octanol–water partition coefficient (Wildman–Crippen LogP) is 2.61. The summed E-state index contributed by atoms with van der Waals surface area (Å²) in [6, 6.07) is 7.63. The quantitative estimate of drug-likeness (QED) is 0.780. The average molecular weight is 244 g/mol. The largest absolute Gasteiger partial charge is 0.354 e.